The molecule has 3 nitrogen and oxygen atoms in total. The van der Waals surface area contributed by atoms with Gasteiger partial charge in [0.15, 0.2) is 5.84 Å². The van der Waals surface area contributed by atoms with Crippen LogP contribution < -0.4 is 5.32 Å². The highest BCUT2D eigenvalue weighted by molar-refractivity contribution is 6.13. The van der Waals surface area contributed by atoms with E-state index in [2.05, 4.69) is 206 Å². The average molecular weight is 768 g/mol. The predicted octanol–water partition coefficient (Wildman–Crippen LogP) is 14.2. The first-order chi connectivity index (χ1) is 29.8. The van der Waals surface area contributed by atoms with Crippen molar-refractivity contribution in [1.29, 1.82) is 0 Å². The Morgan fingerprint density at radius 1 is 0.300 bits per heavy atom. The molecule has 0 spiro atoms. The SMILES string of the molecule is c1ccc(C2=NC(c3cccc(-c4cccc(-c5cc(-c6ccccc6)c(-c6ccccc6)c(-c6ccccc6)c5-c5ccccc5)c4)c3)NC(c3ccccc3)=N2)cc1. The van der Waals surface area contributed by atoms with Crippen molar-refractivity contribution < 1.29 is 0 Å². The summed E-state index contributed by atoms with van der Waals surface area (Å²) in [4.78, 5) is 10.2. The molecule has 0 bridgehead atoms. The molecule has 1 heterocycles. The quantitative estimate of drug-likeness (QED) is 0.156. The molecule has 1 unspecified atom stereocenters. The highest BCUT2D eigenvalue weighted by Crippen LogP contribution is 2.50. The molecular formula is C57H41N3. The number of rotatable bonds is 9. The second-order valence-corrected chi connectivity index (χ2v) is 15.0. The van der Waals surface area contributed by atoms with Gasteiger partial charge in [-0.1, -0.05) is 218 Å². The van der Waals surface area contributed by atoms with Crippen LogP contribution >= 0.6 is 0 Å². The van der Waals surface area contributed by atoms with Crippen LogP contribution in [0.5, 0.6) is 0 Å². The number of hydrogen-bond acceptors (Lipinski definition) is 3. The van der Waals surface area contributed by atoms with E-state index in [4.69, 9.17) is 9.98 Å². The summed E-state index contributed by atoms with van der Waals surface area (Å²) in [5.74, 6) is 1.51. The van der Waals surface area contributed by atoms with Crippen LogP contribution in [-0.4, -0.2) is 11.7 Å². The van der Waals surface area contributed by atoms with Gasteiger partial charge in [-0.3, -0.25) is 0 Å². The minimum absolute atomic E-state index is 0.326. The number of amidine groups is 2. The lowest BCUT2D eigenvalue weighted by Crippen LogP contribution is -2.33. The van der Waals surface area contributed by atoms with Crippen molar-refractivity contribution in [2.24, 2.45) is 9.98 Å². The van der Waals surface area contributed by atoms with Gasteiger partial charge in [0, 0.05) is 11.1 Å². The molecule has 1 aliphatic rings. The number of nitrogens with zero attached hydrogens (tertiary/aromatic N) is 2. The molecule has 9 aromatic carbocycles. The van der Waals surface area contributed by atoms with Crippen LogP contribution in [0.25, 0.3) is 66.8 Å². The Morgan fingerprint density at radius 3 is 1.25 bits per heavy atom. The molecule has 60 heavy (non-hydrogen) atoms. The van der Waals surface area contributed by atoms with E-state index in [-0.39, 0.29) is 6.17 Å². The molecule has 0 saturated heterocycles. The molecular weight excluding hydrogens is 727 g/mol. The Kier molecular flexibility index (Phi) is 10.0. The molecule has 3 heteroatoms. The molecule has 1 aliphatic heterocycles. The van der Waals surface area contributed by atoms with E-state index in [0.717, 1.165) is 39.2 Å². The summed E-state index contributed by atoms with van der Waals surface area (Å²) in [5.41, 5.74) is 17.1. The van der Waals surface area contributed by atoms with E-state index in [0.29, 0.717) is 5.84 Å². The fourth-order valence-electron chi connectivity index (χ4n) is 8.29. The third kappa shape index (κ3) is 7.37. The van der Waals surface area contributed by atoms with Gasteiger partial charge in [0.05, 0.1) is 0 Å². The van der Waals surface area contributed by atoms with Gasteiger partial charge in [0.2, 0.25) is 0 Å². The number of aliphatic imine (C=N–C) groups is 2. The summed E-state index contributed by atoms with van der Waals surface area (Å²) < 4.78 is 0. The Labute approximate surface area is 351 Å². The topological polar surface area (TPSA) is 36.8 Å². The smallest absolute Gasteiger partial charge is 0.159 e. The van der Waals surface area contributed by atoms with Gasteiger partial charge in [0.1, 0.15) is 12.0 Å². The summed E-state index contributed by atoms with van der Waals surface area (Å²) in [6.45, 7) is 0. The van der Waals surface area contributed by atoms with E-state index in [1.807, 2.05) is 36.4 Å². The Balaban J connectivity index is 1.15. The number of nitrogens with one attached hydrogen (secondary N) is 1. The van der Waals surface area contributed by atoms with Crippen LogP contribution in [0.15, 0.2) is 247 Å². The van der Waals surface area contributed by atoms with E-state index in [1.165, 1.54) is 50.1 Å². The molecule has 1 N–H and O–H groups in total. The normalized spacial score (nSPS) is 13.5. The fourth-order valence-corrected chi connectivity index (χ4v) is 8.29. The van der Waals surface area contributed by atoms with E-state index >= 15 is 0 Å². The van der Waals surface area contributed by atoms with Crippen molar-refractivity contribution in [1.82, 2.24) is 5.32 Å². The average Bonchev–Trinajstić information content (AvgIpc) is 3.35. The number of hydrogen-bond donors (Lipinski definition) is 1. The number of benzene rings is 9. The summed E-state index contributed by atoms with van der Waals surface area (Å²) in [7, 11) is 0. The standard InChI is InChI=1S/C57H41N3/c1-7-21-40(22-8-1)50-39-51(53(42-25-11-3-12-26-42)54(43-27-13-4-14-28-43)52(50)41-23-9-2-10-24-41)48-35-19-33-46(37-48)47-34-20-36-49(38-47)57-59-55(44-29-15-5-16-30-44)58-56(60-57)45-31-17-6-18-32-45/h1-39,57H,(H,58,59,60). The van der Waals surface area contributed by atoms with Crippen molar-refractivity contribution in [2.75, 3.05) is 0 Å². The first-order valence-electron chi connectivity index (χ1n) is 20.4. The maximum absolute atomic E-state index is 5.17. The molecule has 0 radical (unpaired) electrons. The summed E-state index contributed by atoms with van der Waals surface area (Å²) >= 11 is 0. The zero-order valence-electron chi connectivity index (χ0n) is 33.0. The molecule has 0 aliphatic carbocycles. The molecule has 0 aromatic heterocycles. The summed E-state index contributed by atoms with van der Waals surface area (Å²) in [6, 6.07) is 84.0. The molecule has 0 fully saturated rings. The monoisotopic (exact) mass is 767 g/mol. The van der Waals surface area contributed by atoms with Gasteiger partial charge in [-0.25, -0.2) is 9.98 Å². The zero-order valence-corrected chi connectivity index (χ0v) is 33.0. The molecule has 1 atom stereocenters. The maximum atomic E-state index is 5.17. The van der Waals surface area contributed by atoms with Crippen LogP contribution in [0, 0.1) is 0 Å². The van der Waals surface area contributed by atoms with Crippen LogP contribution in [0.4, 0.5) is 0 Å². The third-order valence-electron chi connectivity index (χ3n) is 11.1. The Bertz CT molecular complexity index is 2960. The van der Waals surface area contributed by atoms with Crippen LogP contribution in [0.2, 0.25) is 0 Å². The molecule has 10 rings (SSSR count). The van der Waals surface area contributed by atoms with E-state index < -0.39 is 0 Å². The van der Waals surface area contributed by atoms with E-state index in [1.54, 1.807) is 0 Å². The highest BCUT2D eigenvalue weighted by Gasteiger charge is 2.25. The molecule has 9 aromatic rings. The lowest BCUT2D eigenvalue weighted by atomic mass is 9.78. The minimum Gasteiger partial charge on any atom is -0.344 e. The van der Waals surface area contributed by atoms with Crippen molar-refractivity contribution in [3.05, 3.63) is 253 Å². The highest BCUT2D eigenvalue weighted by atomic mass is 15.2. The second-order valence-electron chi connectivity index (χ2n) is 15.0. The van der Waals surface area contributed by atoms with Gasteiger partial charge in [0.25, 0.3) is 0 Å². The fraction of sp³-hybridized carbons (Fsp3) is 0.0175. The van der Waals surface area contributed by atoms with Gasteiger partial charge < -0.3 is 5.32 Å². The summed E-state index contributed by atoms with van der Waals surface area (Å²) in [5, 5.41) is 3.65. The van der Waals surface area contributed by atoms with Gasteiger partial charge in [-0.05, 0) is 90.5 Å². The van der Waals surface area contributed by atoms with Crippen molar-refractivity contribution >= 4 is 11.7 Å². The molecule has 0 amide bonds. The summed E-state index contributed by atoms with van der Waals surface area (Å²) in [6.07, 6.45) is -0.326. The largest absolute Gasteiger partial charge is 0.344 e. The van der Waals surface area contributed by atoms with Crippen molar-refractivity contribution in [3.63, 3.8) is 0 Å². The maximum Gasteiger partial charge on any atom is 0.159 e. The van der Waals surface area contributed by atoms with Crippen LogP contribution in [0.1, 0.15) is 22.9 Å². The van der Waals surface area contributed by atoms with E-state index in [9.17, 15) is 0 Å². The van der Waals surface area contributed by atoms with Crippen LogP contribution in [-0.2, 0) is 0 Å². The van der Waals surface area contributed by atoms with Gasteiger partial charge >= 0.3 is 0 Å². The van der Waals surface area contributed by atoms with Gasteiger partial charge in [-0.15, -0.1) is 0 Å². The minimum atomic E-state index is -0.326. The van der Waals surface area contributed by atoms with Gasteiger partial charge in [-0.2, -0.15) is 0 Å². The van der Waals surface area contributed by atoms with Crippen LogP contribution in [0.3, 0.4) is 0 Å². The second kappa shape index (κ2) is 16.5. The lowest BCUT2D eigenvalue weighted by molar-refractivity contribution is 0.674. The Morgan fingerprint density at radius 2 is 0.700 bits per heavy atom. The first kappa shape index (κ1) is 36.5. The molecule has 0 saturated carbocycles. The first-order valence-corrected chi connectivity index (χ1v) is 20.4. The zero-order chi connectivity index (χ0) is 40.1. The lowest BCUT2D eigenvalue weighted by Gasteiger charge is -2.25. The van der Waals surface area contributed by atoms with Crippen molar-refractivity contribution in [3.8, 4) is 66.8 Å². The predicted molar refractivity (Wildman–Crippen MR) is 251 cm³/mol. The van der Waals surface area contributed by atoms with Crippen molar-refractivity contribution in [2.45, 2.75) is 6.17 Å². The molecule has 284 valence electrons. The third-order valence-corrected chi connectivity index (χ3v) is 11.1. The Hall–Kier alpha value is -7.88.